The van der Waals surface area contributed by atoms with Crippen molar-refractivity contribution in [1.29, 1.82) is 0 Å². The number of esters is 1. The number of ether oxygens (including phenoxy) is 1. The van der Waals surface area contributed by atoms with Gasteiger partial charge >= 0.3 is 5.97 Å². The highest BCUT2D eigenvalue weighted by atomic mass is 16.6. The van der Waals surface area contributed by atoms with Crippen molar-refractivity contribution >= 4 is 17.6 Å². The number of non-ortho nitro benzene ring substituents is 1. The molecule has 26 heavy (non-hydrogen) atoms. The topological polar surface area (TPSA) is 120 Å². The summed E-state index contributed by atoms with van der Waals surface area (Å²) in [6, 6.07) is 5.79. The lowest BCUT2D eigenvalue weighted by Crippen LogP contribution is -2.36. The van der Waals surface area contributed by atoms with Gasteiger partial charge in [-0.2, -0.15) is 0 Å². The predicted octanol–water partition coefficient (Wildman–Crippen LogP) is 1.68. The van der Waals surface area contributed by atoms with Crippen LogP contribution in [0.2, 0.25) is 0 Å². The molecule has 2 N–H and O–H groups in total. The van der Waals surface area contributed by atoms with E-state index < -0.39 is 22.7 Å². The van der Waals surface area contributed by atoms with Crippen LogP contribution in [0.15, 0.2) is 46.8 Å². The molecule has 0 saturated heterocycles. The van der Waals surface area contributed by atoms with E-state index in [2.05, 4.69) is 10.8 Å². The SMILES string of the molecule is CONC(=O)C1=C(C)NC(C)=C(C(=O)OC)C1c1cccc([N+](=O)[O-])c1. The number of hydrogen-bond acceptors (Lipinski definition) is 7. The third-order valence-corrected chi connectivity index (χ3v) is 4.02. The fraction of sp³-hybridized carbons (Fsp3) is 0.294. The van der Waals surface area contributed by atoms with Crippen LogP contribution in [-0.4, -0.2) is 31.0 Å². The zero-order chi connectivity index (χ0) is 19.4. The summed E-state index contributed by atoms with van der Waals surface area (Å²) in [5, 5.41) is 14.1. The summed E-state index contributed by atoms with van der Waals surface area (Å²) in [4.78, 5) is 40.2. The molecule has 1 aliphatic heterocycles. The molecule has 1 unspecified atom stereocenters. The van der Waals surface area contributed by atoms with Crippen molar-refractivity contribution in [3.8, 4) is 0 Å². The molecule has 0 bridgehead atoms. The molecule has 0 aliphatic carbocycles. The van der Waals surface area contributed by atoms with Gasteiger partial charge in [0, 0.05) is 23.5 Å². The molecule has 1 heterocycles. The van der Waals surface area contributed by atoms with Gasteiger partial charge < -0.3 is 10.1 Å². The van der Waals surface area contributed by atoms with Crippen LogP contribution in [0.4, 0.5) is 5.69 Å². The number of carbonyl (C=O) groups excluding carboxylic acids is 2. The minimum Gasteiger partial charge on any atom is -0.466 e. The number of hydroxylamine groups is 1. The average Bonchev–Trinajstić information content (AvgIpc) is 2.60. The van der Waals surface area contributed by atoms with E-state index in [0.717, 1.165) is 0 Å². The average molecular weight is 361 g/mol. The lowest BCUT2D eigenvalue weighted by molar-refractivity contribution is -0.384. The summed E-state index contributed by atoms with van der Waals surface area (Å²) in [6.07, 6.45) is 0. The first-order valence-electron chi connectivity index (χ1n) is 7.66. The maximum Gasteiger partial charge on any atom is 0.336 e. The molecule has 0 fully saturated rings. The fourth-order valence-corrected chi connectivity index (χ4v) is 2.97. The van der Waals surface area contributed by atoms with Crippen LogP contribution in [0, 0.1) is 10.1 Å². The van der Waals surface area contributed by atoms with E-state index >= 15 is 0 Å². The second-order valence-electron chi connectivity index (χ2n) is 5.61. The Balaban J connectivity index is 2.70. The Morgan fingerprint density at radius 3 is 2.42 bits per heavy atom. The first-order chi connectivity index (χ1) is 12.3. The Bertz CT molecular complexity index is 828. The van der Waals surface area contributed by atoms with Gasteiger partial charge in [-0.1, -0.05) is 12.1 Å². The van der Waals surface area contributed by atoms with Crippen LogP contribution in [0.5, 0.6) is 0 Å². The molecule has 1 aromatic rings. The van der Waals surface area contributed by atoms with Gasteiger partial charge in [0.1, 0.15) is 0 Å². The summed E-state index contributed by atoms with van der Waals surface area (Å²) in [7, 11) is 2.52. The predicted molar refractivity (Wildman–Crippen MR) is 91.5 cm³/mol. The smallest absolute Gasteiger partial charge is 0.336 e. The third-order valence-electron chi connectivity index (χ3n) is 4.02. The van der Waals surface area contributed by atoms with Gasteiger partial charge in [0.15, 0.2) is 0 Å². The van der Waals surface area contributed by atoms with Gasteiger partial charge in [0.25, 0.3) is 11.6 Å². The van der Waals surface area contributed by atoms with E-state index in [1.54, 1.807) is 19.9 Å². The number of carbonyl (C=O) groups is 2. The minimum atomic E-state index is -0.848. The zero-order valence-electron chi connectivity index (χ0n) is 14.8. The monoisotopic (exact) mass is 361 g/mol. The molecule has 1 aromatic carbocycles. The van der Waals surface area contributed by atoms with E-state index in [-0.39, 0.29) is 16.8 Å². The summed E-state index contributed by atoms with van der Waals surface area (Å²) in [5.41, 5.74) is 3.90. The summed E-state index contributed by atoms with van der Waals surface area (Å²) < 4.78 is 4.86. The third kappa shape index (κ3) is 3.57. The van der Waals surface area contributed by atoms with Gasteiger partial charge in [-0.05, 0) is 19.4 Å². The highest BCUT2D eigenvalue weighted by Gasteiger charge is 2.37. The van der Waals surface area contributed by atoms with Crippen LogP contribution in [0.3, 0.4) is 0 Å². The molecule has 0 spiro atoms. The van der Waals surface area contributed by atoms with Crippen molar-refractivity contribution in [2.75, 3.05) is 14.2 Å². The number of benzene rings is 1. The molecule has 0 radical (unpaired) electrons. The van der Waals surface area contributed by atoms with Gasteiger partial charge in [0.2, 0.25) is 0 Å². The van der Waals surface area contributed by atoms with Crippen LogP contribution >= 0.6 is 0 Å². The number of allylic oxidation sites excluding steroid dienone is 2. The number of nitro benzene ring substituents is 1. The Hall–Kier alpha value is -3.20. The number of nitrogens with zero attached hydrogens (tertiary/aromatic N) is 1. The van der Waals surface area contributed by atoms with E-state index in [9.17, 15) is 19.7 Å². The number of nitrogens with one attached hydrogen (secondary N) is 2. The van der Waals surface area contributed by atoms with E-state index in [1.165, 1.54) is 32.4 Å². The van der Waals surface area contributed by atoms with Gasteiger partial charge in [-0.15, -0.1) is 0 Å². The Kier molecular flexibility index (Phi) is 5.73. The van der Waals surface area contributed by atoms with Crippen molar-refractivity contribution in [2.45, 2.75) is 19.8 Å². The van der Waals surface area contributed by atoms with Gasteiger partial charge in [-0.3, -0.25) is 19.7 Å². The second kappa shape index (κ2) is 7.79. The van der Waals surface area contributed by atoms with Gasteiger partial charge in [0.05, 0.1) is 36.2 Å². The molecule has 1 atom stereocenters. The highest BCUT2D eigenvalue weighted by Crippen LogP contribution is 2.39. The van der Waals surface area contributed by atoms with Crippen LogP contribution in [0.1, 0.15) is 25.3 Å². The van der Waals surface area contributed by atoms with Crippen LogP contribution in [-0.2, 0) is 19.2 Å². The normalized spacial score (nSPS) is 16.8. The molecule has 9 heteroatoms. The number of methoxy groups -OCH3 is 1. The summed E-state index contributed by atoms with van der Waals surface area (Å²) in [5.74, 6) is -2.05. The van der Waals surface area contributed by atoms with Crippen molar-refractivity contribution in [2.24, 2.45) is 0 Å². The quantitative estimate of drug-likeness (QED) is 0.465. The van der Waals surface area contributed by atoms with Crippen molar-refractivity contribution in [3.05, 3.63) is 62.5 Å². The lowest BCUT2D eigenvalue weighted by atomic mass is 9.80. The first kappa shape index (κ1) is 19.1. The number of rotatable bonds is 5. The molecule has 0 aromatic heterocycles. The highest BCUT2D eigenvalue weighted by molar-refractivity contribution is 6.01. The number of nitro groups is 1. The van der Waals surface area contributed by atoms with Crippen molar-refractivity contribution in [1.82, 2.24) is 10.8 Å². The van der Waals surface area contributed by atoms with Crippen LogP contribution in [0.25, 0.3) is 0 Å². The van der Waals surface area contributed by atoms with E-state index in [4.69, 9.17) is 9.57 Å². The number of hydrogen-bond donors (Lipinski definition) is 2. The molecule has 138 valence electrons. The largest absolute Gasteiger partial charge is 0.466 e. The van der Waals surface area contributed by atoms with Gasteiger partial charge in [-0.25, -0.2) is 10.3 Å². The summed E-state index contributed by atoms with van der Waals surface area (Å²) in [6.45, 7) is 3.34. The van der Waals surface area contributed by atoms with Crippen molar-refractivity contribution < 1.29 is 24.1 Å². The Morgan fingerprint density at radius 1 is 1.19 bits per heavy atom. The Labute approximate surface area is 149 Å². The molecule has 0 saturated carbocycles. The minimum absolute atomic E-state index is 0.146. The molecular formula is C17H19N3O6. The zero-order valence-corrected chi connectivity index (χ0v) is 14.8. The maximum absolute atomic E-state index is 12.5. The number of amides is 1. The maximum atomic E-state index is 12.5. The first-order valence-corrected chi connectivity index (χ1v) is 7.66. The molecule has 9 nitrogen and oxygen atoms in total. The Morgan fingerprint density at radius 2 is 1.85 bits per heavy atom. The second-order valence-corrected chi connectivity index (χ2v) is 5.61. The van der Waals surface area contributed by atoms with Crippen molar-refractivity contribution in [3.63, 3.8) is 0 Å². The molecule has 1 amide bonds. The van der Waals surface area contributed by atoms with E-state index in [1.807, 2.05) is 0 Å². The lowest BCUT2D eigenvalue weighted by Gasteiger charge is -2.30. The van der Waals surface area contributed by atoms with Crippen LogP contribution < -0.4 is 10.8 Å². The standard InChI is InChI=1S/C17H19N3O6/c1-9-13(16(21)19-26-4)15(14(10(2)18-9)17(22)25-3)11-6-5-7-12(8-11)20(23)24/h5-8,15,18H,1-4H3,(H,19,21). The van der Waals surface area contributed by atoms with E-state index in [0.29, 0.717) is 17.0 Å². The molecular weight excluding hydrogens is 342 g/mol. The molecule has 2 rings (SSSR count). The fourth-order valence-electron chi connectivity index (χ4n) is 2.97. The number of dihydropyridines is 1. The summed E-state index contributed by atoms with van der Waals surface area (Å²) >= 11 is 0. The molecule has 1 aliphatic rings.